The van der Waals surface area contributed by atoms with Gasteiger partial charge in [-0.3, -0.25) is 9.32 Å². The number of para-hydroxylation sites is 2. The second kappa shape index (κ2) is 10.2. The maximum Gasteiger partial charge on any atom is 0.393 e. The zero-order chi connectivity index (χ0) is 27.8. The predicted octanol–water partition coefficient (Wildman–Crippen LogP) is 5.43. The van der Waals surface area contributed by atoms with Crippen molar-refractivity contribution in [1.82, 2.24) is 10.3 Å². The van der Waals surface area contributed by atoms with Gasteiger partial charge in [-0.15, -0.1) is 11.3 Å². The molecule has 0 saturated heterocycles. The molecule has 0 atom stereocenters. The van der Waals surface area contributed by atoms with Crippen molar-refractivity contribution in [2.24, 2.45) is 0 Å². The highest BCUT2D eigenvalue weighted by molar-refractivity contribution is 7.21. The van der Waals surface area contributed by atoms with Crippen LogP contribution in [0.1, 0.15) is 15.4 Å². The first-order valence-electron chi connectivity index (χ1n) is 12.2. The highest BCUT2D eigenvalue weighted by Gasteiger charge is 2.37. The molecular weight excluding hydrogens is 528 g/mol. The lowest BCUT2D eigenvalue weighted by Crippen LogP contribution is -2.38. The van der Waals surface area contributed by atoms with Crippen LogP contribution in [-0.4, -0.2) is 35.4 Å². The van der Waals surface area contributed by atoms with Crippen molar-refractivity contribution in [3.8, 4) is 45.5 Å². The van der Waals surface area contributed by atoms with E-state index >= 15 is 0 Å². The molecule has 9 nitrogen and oxygen atoms in total. The fraction of sp³-hybridized carbons (Fsp3) is 0.0667. The van der Waals surface area contributed by atoms with Gasteiger partial charge in [0.05, 0.1) is 25.6 Å². The molecule has 0 spiro atoms. The third kappa shape index (κ3) is 4.11. The third-order valence-electron chi connectivity index (χ3n) is 6.51. The second-order valence-corrected chi connectivity index (χ2v) is 9.79. The molecular formula is C30H23N4O5S+. The number of fused-ring (bicyclic) bond motifs is 1. The number of aromatic nitrogens is 3. The van der Waals surface area contributed by atoms with Gasteiger partial charge >= 0.3 is 11.6 Å². The molecule has 0 radical (unpaired) electrons. The highest BCUT2D eigenvalue weighted by Crippen LogP contribution is 2.46. The number of aromatic hydroxyl groups is 1. The van der Waals surface area contributed by atoms with Gasteiger partial charge in [0.1, 0.15) is 9.71 Å². The zero-order valence-corrected chi connectivity index (χ0v) is 22.3. The van der Waals surface area contributed by atoms with E-state index in [9.17, 15) is 9.90 Å². The SMILES string of the molecule is COc1cccc(-c2cc(-c3ccccc3)nc3sc(C(=O)c4c(O)on[n+]4-c4ccccc4)c(N)c23)c1OC. The molecule has 3 aromatic heterocycles. The normalized spacial score (nSPS) is 11.1. The maximum absolute atomic E-state index is 13.9. The Labute approximate surface area is 232 Å². The average Bonchev–Trinajstić information content (AvgIpc) is 3.56. The largest absolute Gasteiger partial charge is 0.493 e. The van der Waals surface area contributed by atoms with Crippen LogP contribution >= 0.6 is 11.3 Å². The molecule has 6 aromatic rings. The van der Waals surface area contributed by atoms with Crippen LogP contribution in [0.15, 0.2) is 89.5 Å². The number of ether oxygens (including phenoxy) is 2. The first-order valence-corrected chi connectivity index (χ1v) is 13.0. The molecule has 3 heterocycles. The summed E-state index contributed by atoms with van der Waals surface area (Å²) in [5, 5.41) is 14.9. The molecule has 6 rings (SSSR count). The number of rotatable bonds is 7. The monoisotopic (exact) mass is 551 g/mol. The standard InChI is InChI=1S/C30H22N4O5S/c1-37-22-15-9-14-19(27(22)38-2)20-16-21(17-10-5-3-6-11-17)32-29-23(20)24(31)28(40-29)26(35)25-30(36)39-33-34(25)18-12-7-4-8-13-18/h3-16H,1-2H3,(H2-,31,33,35,36)/p+1. The summed E-state index contributed by atoms with van der Waals surface area (Å²) >= 11 is 1.13. The van der Waals surface area contributed by atoms with Crippen LogP contribution in [0.2, 0.25) is 0 Å². The number of nitrogens with zero attached hydrogens (tertiary/aromatic N) is 3. The Hall–Kier alpha value is -5.22. The molecule has 10 heteroatoms. The van der Waals surface area contributed by atoms with E-state index in [1.807, 2.05) is 60.7 Å². The van der Waals surface area contributed by atoms with E-state index in [2.05, 4.69) is 5.27 Å². The zero-order valence-electron chi connectivity index (χ0n) is 21.5. The summed E-state index contributed by atoms with van der Waals surface area (Å²) in [6.07, 6.45) is 0. The lowest BCUT2D eigenvalue weighted by Gasteiger charge is -2.15. The number of benzene rings is 3. The van der Waals surface area contributed by atoms with Crippen LogP contribution in [0.4, 0.5) is 5.69 Å². The fourth-order valence-electron chi connectivity index (χ4n) is 4.66. The molecule has 40 heavy (non-hydrogen) atoms. The lowest BCUT2D eigenvalue weighted by molar-refractivity contribution is -0.672. The Morgan fingerprint density at radius 3 is 2.38 bits per heavy atom. The van der Waals surface area contributed by atoms with E-state index in [0.29, 0.717) is 33.1 Å². The van der Waals surface area contributed by atoms with Gasteiger partial charge < -0.3 is 20.3 Å². The van der Waals surface area contributed by atoms with E-state index in [-0.39, 0.29) is 16.3 Å². The van der Waals surface area contributed by atoms with Crippen LogP contribution in [-0.2, 0) is 0 Å². The predicted molar refractivity (Wildman–Crippen MR) is 151 cm³/mol. The number of nitrogen functional groups attached to an aromatic ring is 1. The molecule has 0 bridgehead atoms. The minimum absolute atomic E-state index is 0.145. The molecule has 0 saturated carbocycles. The molecule has 0 unspecified atom stereocenters. The maximum atomic E-state index is 13.9. The smallest absolute Gasteiger partial charge is 0.393 e. The molecule has 0 aliphatic carbocycles. The first-order chi connectivity index (χ1) is 19.5. The number of carbonyl (C=O) groups is 1. The number of hydrogen-bond donors (Lipinski definition) is 2. The van der Waals surface area contributed by atoms with Gasteiger partial charge in [-0.05, 0) is 12.1 Å². The number of ketones is 1. The number of hydrogen-bond acceptors (Lipinski definition) is 9. The van der Waals surface area contributed by atoms with E-state index in [1.54, 1.807) is 38.5 Å². The number of thiophene rings is 1. The first kappa shape index (κ1) is 25.1. The van der Waals surface area contributed by atoms with Gasteiger partial charge in [-0.2, -0.15) is 0 Å². The molecule has 3 N–H and O–H groups in total. The van der Waals surface area contributed by atoms with Crippen LogP contribution < -0.4 is 19.9 Å². The van der Waals surface area contributed by atoms with Crippen molar-refractivity contribution < 1.29 is 28.6 Å². The van der Waals surface area contributed by atoms with Crippen molar-refractivity contribution in [3.05, 3.63) is 95.5 Å². The highest BCUT2D eigenvalue weighted by atomic mass is 32.1. The topological polar surface area (TPSA) is 125 Å². The quantitative estimate of drug-likeness (QED) is 0.199. The van der Waals surface area contributed by atoms with Gasteiger partial charge in [0, 0.05) is 38.9 Å². The van der Waals surface area contributed by atoms with Crippen molar-refractivity contribution in [3.63, 3.8) is 0 Å². The summed E-state index contributed by atoms with van der Waals surface area (Å²) < 4.78 is 17.5. The van der Waals surface area contributed by atoms with Crippen molar-refractivity contribution in [2.45, 2.75) is 0 Å². The fourth-order valence-corrected chi connectivity index (χ4v) is 5.72. The van der Waals surface area contributed by atoms with Crippen molar-refractivity contribution in [2.75, 3.05) is 20.0 Å². The van der Waals surface area contributed by atoms with E-state index in [0.717, 1.165) is 28.0 Å². The summed E-state index contributed by atoms with van der Waals surface area (Å²) in [6.45, 7) is 0. The minimum Gasteiger partial charge on any atom is -0.493 e. The average molecular weight is 552 g/mol. The molecule has 0 fully saturated rings. The van der Waals surface area contributed by atoms with Crippen molar-refractivity contribution >= 4 is 33.0 Å². The van der Waals surface area contributed by atoms with Gasteiger partial charge in [0.2, 0.25) is 11.0 Å². The van der Waals surface area contributed by atoms with Crippen LogP contribution in [0.3, 0.4) is 0 Å². The molecule has 3 aromatic carbocycles. The number of carbonyl (C=O) groups excluding carboxylic acids is 1. The number of pyridine rings is 1. The number of methoxy groups -OCH3 is 2. The van der Waals surface area contributed by atoms with Crippen LogP contribution in [0, 0.1) is 0 Å². The van der Waals surface area contributed by atoms with Crippen LogP contribution in [0.5, 0.6) is 17.4 Å². The second-order valence-electron chi connectivity index (χ2n) is 8.79. The lowest BCUT2D eigenvalue weighted by atomic mass is 9.98. The summed E-state index contributed by atoms with van der Waals surface area (Å²) in [4.78, 5) is 19.5. The number of anilines is 1. The third-order valence-corrected chi connectivity index (χ3v) is 7.61. The van der Waals surface area contributed by atoms with Gasteiger partial charge in [-0.25, -0.2) is 4.98 Å². The van der Waals surface area contributed by atoms with Crippen LogP contribution in [0.25, 0.3) is 38.3 Å². The minimum atomic E-state index is -0.613. The molecule has 0 aliphatic heterocycles. The molecule has 0 aliphatic rings. The van der Waals surface area contributed by atoms with E-state index in [1.165, 1.54) is 4.68 Å². The number of nitrogens with two attached hydrogens (primary N) is 1. The Balaban J connectivity index is 1.61. The Kier molecular flexibility index (Phi) is 6.37. The van der Waals surface area contributed by atoms with E-state index in [4.69, 9.17) is 24.7 Å². The Morgan fingerprint density at radius 2 is 1.68 bits per heavy atom. The van der Waals surface area contributed by atoms with Gasteiger partial charge in [0.25, 0.3) is 5.78 Å². The van der Waals surface area contributed by atoms with Gasteiger partial charge in [-0.1, -0.05) is 60.7 Å². The summed E-state index contributed by atoms with van der Waals surface area (Å²) in [6, 6.07) is 26.1. The van der Waals surface area contributed by atoms with Gasteiger partial charge in [0.15, 0.2) is 11.5 Å². The summed E-state index contributed by atoms with van der Waals surface area (Å²) in [5.41, 5.74) is 10.4. The summed E-state index contributed by atoms with van der Waals surface area (Å²) in [7, 11) is 3.14. The molecule has 0 amide bonds. The Morgan fingerprint density at radius 1 is 0.950 bits per heavy atom. The van der Waals surface area contributed by atoms with E-state index < -0.39 is 11.7 Å². The Bertz CT molecular complexity index is 1870. The molecule has 198 valence electrons. The summed E-state index contributed by atoms with van der Waals surface area (Å²) in [5.74, 6) is -0.0885. The van der Waals surface area contributed by atoms with Crippen molar-refractivity contribution in [1.29, 1.82) is 0 Å².